The number of primary amides is 1. The van der Waals surface area contributed by atoms with Crippen molar-refractivity contribution in [3.05, 3.63) is 100 Å². The number of aliphatic carboxylic acids is 1. The Morgan fingerprint density at radius 2 is 1.00 bits per heavy atom. The summed E-state index contributed by atoms with van der Waals surface area (Å²) in [5, 5.41) is 23.2. The monoisotopic (exact) mass is 1370 g/mol. The molecule has 3 aromatic carbocycles. The lowest BCUT2D eigenvalue weighted by Crippen LogP contribution is -2.41. The molecule has 1 heterocycles. The number of esters is 1. The average Bonchev–Trinajstić information content (AvgIpc) is 1.55. The Hall–Kier alpha value is -7.92. The highest BCUT2D eigenvalue weighted by Crippen LogP contribution is 2.23. The fourth-order valence-corrected chi connectivity index (χ4v) is 6.04. The van der Waals surface area contributed by atoms with E-state index in [9.17, 15) is 43.2 Å². The molecule has 1 aromatic heterocycles. The van der Waals surface area contributed by atoms with Crippen LogP contribution in [0.15, 0.2) is 72.8 Å². The molecule has 0 aliphatic rings. The number of carbonyl (C=O) groups excluding carboxylic acids is 7. The third kappa shape index (κ3) is 67.3. The van der Waals surface area contributed by atoms with Gasteiger partial charge in [0, 0.05) is 70.0 Å². The molecular formula is C72H134N8O14S. The number of aromatic nitrogens is 1. The van der Waals surface area contributed by atoms with Crippen LogP contribution in [0, 0.1) is 30.6 Å². The molecule has 0 aliphatic carbocycles. The molecule has 0 fully saturated rings. The number of carboxylic acid groups (broad SMARTS) is 2. The molecule has 23 heteroatoms. The largest absolute Gasteiger partial charge is 0.481 e. The maximum Gasteiger partial charge on any atom is 0.408 e. The van der Waals surface area contributed by atoms with Crippen molar-refractivity contribution in [2.45, 2.75) is 241 Å². The smallest absolute Gasteiger partial charge is 0.408 e. The van der Waals surface area contributed by atoms with E-state index in [1.54, 1.807) is 108 Å². The number of hydrogen-bond donors (Lipinski definition) is 8. The number of aliphatic hydroxyl groups is 1. The molecule has 0 spiro atoms. The second-order valence-corrected chi connectivity index (χ2v) is 18.5. The topological polar surface area (TPSA) is 326 Å². The number of nitrogens with zero attached hydrogens (tertiary/aromatic N) is 3. The molecule has 22 nitrogen and oxygen atoms in total. The summed E-state index contributed by atoms with van der Waals surface area (Å²) in [5.74, 6) is -1.99. The number of anilines is 4. The average molecular weight is 1370 g/mol. The standard InChI is InChI=1S/C12H16N2O3.C12H15NO3.C11H15NO2.C9H12N2O3S.C8H16N2O3.10C2H6/c1-8(2)11(15)14-10-5-3-9(4-6-10)7-17-12(13)16;1-8(2)12(16)13-10-6-4-3-5-9(10)7-11(14)15;1-8(2)11(14)12-10-5-3-9(7-13)4-6-10;1-5-8(4-14-7(3)13)15-9(10-5)11-6(2)12;1-6(2)7(11)9(3)5-10(4)8(12)13;10*1-2/h3-6,8H,7H2,1-2H3,(H2,13,16)(H,14,15);3-6,8H,7H2,1-2H3,(H,13,16)(H,14,15);3-6,8,13H,7H2,1-2H3,(H,12,14);4H2,1-3H3,(H,10,11,12);6H,5H2,1-4H3,(H,12,13);10*1-2H3/i;;13D;3D;;;;;;;;;;;/hD3. The highest BCUT2D eigenvalue weighted by molar-refractivity contribution is 7.15. The van der Waals surface area contributed by atoms with Crippen LogP contribution in [0.2, 0.25) is 1.41 Å². The van der Waals surface area contributed by atoms with Crippen molar-refractivity contribution in [1.82, 2.24) is 14.8 Å². The third-order valence-corrected chi connectivity index (χ3v) is 10.4. The lowest BCUT2D eigenvalue weighted by molar-refractivity contribution is -0.142. The van der Waals surface area contributed by atoms with Gasteiger partial charge in [0.2, 0.25) is 31.0 Å². The number of thiazole rings is 1. The Balaban J connectivity index is -0.000000103. The van der Waals surface area contributed by atoms with Crippen LogP contribution >= 0.6 is 11.3 Å². The molecule has 0 radical (unpaired) electrons. The van der Waals surface area contributed by atoms with Crippen molar-refractivity contribution in [3.8, 4) is 0 Å². The predicted molar refractivity (Wildman–Crippen MR) is 400 cm³/mol. The van der Waals surface area contributed by atoms with E-state index in [0.717, 1.165) is 26.6 Å². The van der Waals surface area contributed by atoms with Crippen molar-refractivity contribution in [2.75, 3.05) is 42.0 Å². The van der Waals surface area contributed by atoms with Crippen LogP contribution in [0.1, 0.15) is 236 Å². The quantitative estimate of drug-likeness (QED) is 0.0339. The summed E-state index contributed by atoms with van der Waals surface area (Å²) < 4.78 is 42.3. The van der Waals surface area contributed by atoms with Crippen LogP contribution in [0.3, 0.4) is 0 Å². The molecule has 7 amide bonds. The maximum absolute atomic E-state index is 11.6. The summed E-state index contributed by atoms with van der Waals surface area (Å²) in [6, 6.07) is 21.2. The van der Waals surface area contributed by atoms with E-state index in [1.165, 1.54) is 30.2 Å². The van der Waals surface area contributed by atoms with Gasteiger partial charge in [0.05, 0.1) is 30.3 Å². The van der Waals surface area contributed by atoms with E-state index in [0.29, 0.717) is 27.8 Å². The van der Waals surface area contributed by atoms with Crippen LogP contribution in [0.25, 0.3) is 2.86 Å². The van der Waals surface area contributed by atoms with Crippen molar-refractivity contribution >= 4 is 87.2 Å². The highest BCUT2D eigenvalue weighted by atomic mass is 32.1. The number of hydrogen-bond acceptors (Lipinski definition) is 16. The second kappa shape index (κ2) is 78.5. The molecular weight excluding hydrogens is 1230 g/mol. The Morgan fingerprint density at radius 3 is 1.38 bits per heavy atom. The van der Waals surface area contributed by atoms with E-state index in [4.69, 9.17) is 16.5 Å². The first kappa shape index (κ1) is 98.2. The van der Waals surface area contributed by atoms with Crippen LogP contribution < -0.4 is 27.0 Å². The van der Waals surface area contributed by atoms with Gasteiger partial charge in [-0.3, -0.25) is 38.5 Å². The summed E-state index contributed by atoms with van der Waals surface area (Å²) in [6.45, 7) is 57.8. The van der Waals surface area contributed by atoms with Crippen molar-refractivity contribution in [1.29, 1.82) is 4.29 Å². The Labute approximate surface area is 587 Å². The van der Waals surface area contributed by atoms with Gasteiger partial charge in [-0.2, -0.15) is 0 Å². The summed E-state index contributed by atoms with van der Waals surface area (Å²) in [5.41, 5.74) is 6.70. The van der Waals surface area contributed by atoms with Gasteiger partial charge in [-0.15, -0.1) is 0 Å². The number of aliphatic hydroxyl groups excluding tert-OH is 1. The molecule has 0 aliphatic heterocycles. The van der Waals surface area contributed by atoms with Crippen molar-refractivity contribution < 1.29 is 70.7 Å². The third-order valence-electron chi connectivity index (χ3n) is 9.31. The van der Waals surface area contributed by atoms with E-state index in [2.05, 4.69) is 41.6 Å². The molecule has 4 aromatic rings. The maximum atomic E-state index is 11.6. The number of para-hydroxylation sites is 1. The number of benzene rings is 3. The summed E-state index contributed by atoms with van der Waals surface area (Å²) >= 11 is 1.26. The molecule has 4 rings (SSSR count). The minimum Gasteiger partial charge on any atom is -0.481 e. The van der Waals surface area contributed by atoms with E-state index >= 15 is 0 Å². The van der Waals surface area contributed by atoms with Gasteiger partial charge in [0.15, 0.2) is 6.54 Å². The van der Waals surface area contributed by atoms with E-state index < -0.39 is 31.0 Å². The van der Waals surface area contributed by atoms with Crippen LogP contribution in [0.4, 0.5) is 31.8 Å². The molecule has 9 N–H and O–H groups in total. The van der Waals surface area contributed by atoms with E-state index in [-0.39, 0.29) is 86.1 Å². The van der Waals surface area contributed by atoms with Crippen LogP contribution in [-0.4, -0.2) is 106 Å². The van der Waals surface area contributed by atoms with Crippen molar-refractivity contribution in [3.63, 3.8) is 0 Å². The summed E-state index contributed by atoms with van der Waals surface area (Å²) in [7, 11) is 3.05. The molecule has 552 valence electrons. The van der Waals surface area contributed by atoms with Gasteiger partial charge in [-0.25, -0.2) is 14.6 Å². The fourth-order valence-electron chi connectivity index (χ4n) is 5.12. The first-order valence-electron chi connectivity index (χ1n) is 35.6. The van der Waals surface area contributed by atoms with Crippen molar-refractivity contribution in [2.24, 2.45) is 29.4 Å². The number of carbonyl (C=O) groups is 9. The molecule has 0 atom stereocenters. The molecule has 0 saturated heterocycles. The van der Waals surface area contributed by atoms with E-state index in [1.807, 2.05) is 178 Å². The number of nitrogens with two attached hydrogens (primary N) is 1. The minimum atomic E-state index is -0.799. The molecule has 95 heavy (non-hydrogen) atoms. The van der Waals surface area contributed by atoms with Gasteiger partial charge < -0.3 is 56.7 Å². The second-order valence-electron chi connectivity index (χ2n) is 17.4. The summed E-state index contributed by atoms with van der Waals surface area (Å²) in [4.78, 5) is 107. The Morgan fingerprint density at radius 1 is 0.568 bits per heavy atom. The van der Waals surface area contributed by atoms with Crippen LogP contribution in [-0.2, 0) is 69.3 Å². The zero-order valence-corrected chi connectivity index (χ0v) is 65.3. The lowest BCUT2D eigenvalue weighted by Gasteiger charge is -2.23. The number of ether oxygens (including phenoxy) is 2. The molecule has 0 saturated carbocycles. The summed E-state index contributed by atoms with van der Waals surface area (Å²) in [6.07, 6.45) is -1.61. The normalized spacial score (nSPS) is 9.16. The predicted octanol–water partition coefficient (Wildman–Crippen LogP) is 18.0. The van der Waals surface area contributed by atoms with Gasteiger partial charge >= 0.3 is 24.1 Å². The molecule has 0 unspecified atom stereocenters. The first-order chi connectivity index (χ1) is 47.6. The highest BCUT2D eigenvalue weighted by Gasteiger charge is 2.17. The fraction of sp³-hybridized carbons (Fsp3) is 0.583. The number of aryl methyl sites for hydroxylation is 1. The number of carboxylic acids is 1. The van der Waals surface area contributed by atoms with Gasteiger partial charge in [0.25, 0.3) is 2.86 Å². The number of amides is 7. The minimum absolute atomic E-state index is 0.000471. The Bertz CT molecular complexity index is 2600. The zero-order valence-electron chi connectivity index (χ0n) is 69.4. The Kier molecular flexibility index (Phi) is 81.1. The van der Waals surface area contributed by atoms with Crippen LogP contribution in [0.5, 0.6) is 0 Å². The molecule has 0 bridgehead atoms. The lowest BCUT2D eigenvalue weighted by atomic mass is 10.1. The van der Waals surface area contributed by atoms with Gasteiger partial charge in [-0.1, -0.05) is 248 Å². The SMILES string of the molecule is CC.CC.CC.CC.CC.CC.CC.CC.CC.CC.[2H]CC(=O)OCc1sc(NC(C)=O)nc1C.[2H]NC(=O)OCc1ccc(NC(=O)C(C)C)cc1.[2H]OC(=O)Cc1ccccc1NC(=O)C(C)C.[2H]OC(=O)N(C)CN(C)C(=O)C(C)C.[2H]OCc1ccc(NC(=O)C(C)C)cc1. The number of nitrogens with one attached hydrogen (secondary N) is 4. The number of rotatable bonds is 18. The van der Waals surface area contributed by atoms with Gasteiger partial charge in [0.1, 0.15) is 13.2 Å². The van der Waals surface area contributed by atoms with Gasteiger partial charge in [-0.05, 0) is 53.9 Å². The first-order valence-corrected chi connectivity index (χ1v) is 34.0. The zero-order chi connectivity index (χ0) is 81.1.